The third-order valence-corrected chi connectivity index (χ3v) is 2.59. The van der Waals surface area contributed by atoms with Crippen molar-refractivity contribution in [3.8, 4) is 5.75 Å². The fourth-order valence-electron chi connectivity index (χ4n) is 1.90. The molecule has 1 aliphatic heterocycles. The number of halogens is 1. The molecule has 14 heavy (non-hydrogen) atoms. The van der Waals surface area contributed by atoms with E-state index >= 15 is 0 Å². The van der Waals surface area contributed by atoms with Crippen molar-refractivity contribution < 1.29 is 9.13 Å². The fraction of sp³-hybridized carbons (Fsp3) is 0.455. The van der Waals surface area contributed by atoms with E-state index in [1.165, 1.54) is 12.1 Å². The van der Waals surface area contributed by atoms with Crippen LogP contribution in [-0.2, 0) is 0 Å². The molecule has 0 aliphatic carbocycles. The second-order valence-corrected chi connectivity index (χ2v) is 3.57. The lowest BCUT2D eigenvalue weighted by atomic mass is 9.93. The first-order valence-electron chi connectivity index (χ1n) is 4.88. The Morgan fingerprint density at radius 3 is 3.21 bits per heavy atom. The van der Waals surface area contributed by atoms with E-state index in [0.717, 1.165) is 18.5 Å². The molecule has 2 nitrogen and oxygen atoms in total. The molecule has 0 amide bonds. The molecule has 1 atom stereocenters. The van der Waals surface area contributed by atoms with Crippen molar-refractivity contribution in [1.82, 2.24) is 5.32 Å². The van der Waals surface area contributed by atoms with Crippen LogP contribution in [0, 0.1) is 5.82 Å². The summed E-state index contributed by atoms with van der Waals surface area (Å²) in [6, 6.07) is 4.79. The molecule has 1 aliphatic rings. The van der Waals surface area contributed by atoms with Crippen molar-refractivity contribution in [2.24, 2.45) is 0 Å². The molecule has 76 valence electrons. The van der Waals surface area contributed by atoms with Gasteiger partial charge in [0.15, 0.2) is 0 Å². The van der Waals surface area contributed by atoms with Crippen LogP contribution in [-0.4, -0.2) is 20.2 Å². The van der Waals surface area contributed by atoms with Gasteiger partial charge in [0, 0.05) is 18.5 Å². The van der Waals surface area contributed by atoms with Crippen molar-refractivity contribution in [1.29, 1.82) is 0 Å². The number of fused-ring (bicyclic) bond motifs is 1. The van der Waals surface area contributed by atoms with Crippen LogP contribution in [0.5, 0.6) is 5.75 Å². The van der Waals surface area contributed by atoms with Gasteiger partial charge in [0.2, 0.25) is 0 Å². The van der Waals surface area contributed by atoms with Crippen molar-refractivity contribution in [3.63, 3.8) is 0 Å². The zero-order chi connectivity index (χ0) is 9.97. The Kier molecular flexibility index (Phi) is 2.68. The average Bonchev–Trinajstić information content (AvgIpc) is 2.18. The van der Waals surface area contributed by atoms with Crippen LogP contribution in [0.25, 0.3) is 0 Å². The van der Waals surface area contributed by atoms with Crippen LogP contribution in [0.15, 0.2) is 18.2 Å². The summed E-state index contributed by atoms with van der Waals surface area (Å²) in [5, 5.41) is 3.14. The standard InChI is InChI=1S/C11H14FNO/c1-13-7-8-4-5-14-11-6-9(12)2-3-10(8)11/h2-3,6,8,13H,4-5,7H2,1H3. The smallest absolute Gasteiger partial charge is 0.126 e. The highest BCUT2D eigenvalue weighted by molar-refractivity contribution is 5.38. The van der Waals surface area contributed by atoms with Gasteiger partial charge in [-0.15, -0.1) is 0 Å². The molecule has 0 radical (unpaired) electrons. The molecule has 0 fully saturated rings. The number of ether oxygens (including phenoxy) is 1. The molecule has 0 saturated heterocycles. The molecule has 1 aromatic rings. The SMILES string of the molecule is CNCC1CCOc2cc(F)ccc21. The molecule has 0 bridgehead atoms. The van der Waals surface area contributed by atoms with Gasteiger partial charge in [-0.25, -0.2) is 4.39 Å². The van der Waals surface area contributed by atoms with E-state index in [4.69, 9.17) is 4.74 Å². The van der Waals surface area contributed by atoms with E-state index in [2.05, 4.69) is 5.32 Å². The van der Waals surface area contributed by atoms with Gasteiger partial charge in [0.25, 0.3) is 0 Å². The Balaban J connectivity index is 2.30. The van der Waals surface area contributed by atoms with Gasteiger partial charge in [-0.2, -0.15) is 0 Å². The highest BCUT2D eigenvalue weighted by Crippen LogP contribution is 2.33. The van der Waals surface area contributed by atoms with E-state index in [-0.39, 0.29) is 5.82 Å². The predicted octanol–water partition coefficient (Wildman–Crippen LogP) is 1.91. The molecule has 1 N–H and O–H groups in total. The van der Waals surface area contributed by atoms with E-state index < -0.39 is 0 Å². The Bertz CT molecular complexity index is 327. The maximum Gasteiger partial charge on any atom is 0.126 e. The van der Waals surface area contributed by atoms with Crippen LogP contribution in [0.2, 0.25) is 0 Å². The predicted molar refractivity (Wildman–Crippen MR) is 53.2 cm³/mol. The van der Waals surface area contributed by atoms with Gasteiger partial charge in [-0.05, 0) is 25.1 Å². The summed E-state index contributed by atoms with van der Waals surface area (Å²) in [6.07, 6.45) is 0.999. The Morgan fingerprint density at radius 1 is 1.57 bits per heavy atom. The normalized spacial score (nSPS) is 20.0. The molecule has 1 heterocycles. The van der Waals surface area contributed by atoms with E-state index in [1.807, 2.05) is 13.1 Å². The van der Waals surface area contributed by atoms with Crippen molar-refractivity contribution in [3.05, 3.63) is 29.6 Å². The lowest BCUT2D eigenvalue weighted by Gasteiger charge is -2.25. The summed E-state index contributed by atoms with van der Waals surface area (Å²) >= 11 is 0. The minimum Gasteiger partial charge on any atom is -0.493 e. The van der Waals surface area contributed by atoms with Gasteiger partial charge >= 0.3 is 0 Å². The monoisotopic (exact) mass is 195 g/mol. The minimum absolute atomic E-state index is 0.228. The minimum atomic E-state index is -0.228. The summed E-state index contributed by atoms with van der Waals surface area (Å²) in [4.78, 5) is 0. The van der Waals surface area contributed by atoms with Crippen LogP contribution in [0.3, 0.4) is 0 Å². The van der Waals surface area contributed by atoms with Gasteiger partial charge in [-0.1, -0.05) is 6.07 Å². The molecule has 0 spiro atoms. The Labute approximate surface area is 83.1 Å². The third-order valence-electron chi connectivity index (χ3n) is 2.59. The van der Waals surface area contributed by atoms with Gasteiger partial charge < -0.3 is 10.1 Å². The van der Waals surface area contributed by atoms with Crippen molar-refractivity contribution in [2.45, 2.75) is 12.3 Å². The number of hydrogen-bond acceptors (Lipinski definition) is 2. The molecule has 1 unspecified atom stereocenters. The average molecular weight is 195 g/mol. The highest BCUT2D eigenvalue weighted by atomic mass is 19.1. The number of likely N-dealkylation sites (N-methyl/N-ethyl adjacent to an activating group) is 1. The van der Waals surface area contributed by atoms with Gasteiger partial charge in [0.1, 0.15) is 11.6 Å². The molecule has 1 aromatic carbocycles. The number of rotatable bonds is 2. The Morgan fingerprint density at radius 2 is 2.43 bits per heavy atom. The first-order valence-corrected chi connectivity index (χ1v) is 4.88. The fourth-order valence-corrected chi connectivity index (χ4v) is 1.90. The van der Waals surface area contributed by atoms with Crippen molar-refractivity contribution in [2.75, 3.05) is 20.2 Å². The molecule has 0 saturated carbocycles. The van der Waals surface area contributed by atoms with E-state index in [0.29, 0.717) is 18.3 Å². The lowest BCUT2D eigenvalue weighted by molar-refractivity contribution is 0.264. The van der Waals surface area contributed by atoms with Crippen LogP contribution < -0.4 is 10.1 Å². The second kappa shape index (κ2) is 3.96. The second-order valence-electron chi connectivity index (χ2n) is 3.57. The first-order chi connectivity index (χ1) is 6.81. The zero-order valence-corrected chi connectivity index (χ0v) is 8.22. The maximum absolute atomic E-state index is 12.9. The van der Waals surface area contributed by atoms with Gasteiger partial charge in [-0.3, -0.25) is 0 Å². The number of nitrogens with one attached hydrogen (secondary N) is 1. The van der Waals surface area contributed by atoms with Crippen LogP contribution in [0.4, 0.5) is 4.39 Å². The molecular weight excluding hydrogens is 181 g/mol. The summed E-state index contributed by atoms with van der Waals surface area (Å²) in [6.45, 7) is 1.60. The summed E-state index contributed by atoms with van der Waals surface area (Å²) in [5.41, 5.74) is 1.12. The van der Waals surface area contributed by atoms with E-state index in [1.54, 1.807) is 0 Å². The maximum atomic E-state index is 12.9. The summed E-state index contributed by atoms with van der Waals surface area (Å²) in [5.74, 6) is 0.926. The number of hydrogen-bond donors (Lipinski definition) is 1. The molecule has 3 heteroatoms. The largest absolute Gasteiger partial charge is 0.493 e. The number of benzene rings is 1. The van der Waals surface area contributed by atoms with Crippen LogP contribution in [0.1, 0.15) is 17.9 Å². The quantitative estimate of drug-likeness (QED) is 0.778. The Hall–Kier alpha value is -1.09. The highest BCUT2D eigenvalue weighted by Gasteiger charge is 2.20. The summed E-state index contributed by atoms with van der Waals surface area (Å²) < 4.78 is 18.3. The van der Waals surface area contributed by atoms with Gasteiger partial charge in [0.05, 0.1) is 6.61 Å². The topological polar surface area (TPSA) is 21.3 Å². The molecule has 0 aromatic heterocycles. The molecule has 2 rings (SSSR count). The molecular formula is C11H14FNO. The first kappa shape index (κ1) is 9.46. The van der Waals surface area contributed by atoms with Crippen molar-refractivity contribution >= 4 is 0 Å². The van der Waals surface area contributed by atoms with Crippen LogP contribution >= 0.6 is 0 Å². The third kappa shape index (κ3) is 1.73. The zero-order valence-electron chi connectivity index (χ0n) is 8.22. The lowest BCUT2D eigenvalue weighted by Crippen LogP contribution is -2.23. The summed E-state index contributed by atoms with van der Waals surface area (Å²) in [7, 11) is 1.93. The van der Waals surface area contributed by atoms with E-state index in [9.17, 15) is 4.39 Å².